The Bertz CT molecular complexity index is 478. The van der Waals surface area contributed by atoms with Crippen molar-refractivity contribution in [2.75, 3.05) is 11.9 Å². The molecule has 1 saturated heterocycles. The van der Waals surface area contributed by atoms with Crippen molar-refractivity contribution in [1.29, 1.82) is 0 Å². The molecule has 1 aromatic heterocycles. The molecular weight excluding hydrogens is 298 g/mol. The molecule has 0 aromatic carbocycles. The highest BCUT2D eigenvalue weighted by molar-refractivity contribution is 9.10. The predicted octanol–water partition coefficient (Wildman–Crippen LogP) is 1.79. The number of nitrogens with zero attached hydrogens (tertiary/aromatic N) is 2. The highest BCUT2D eigenvalue weighted by Gasteiger charge is 2.37. The molecule has 1 fully saturated rings. The highest BCUT2D eigenvalue weighted by Crippen LogP contribution is 2.24. The molecule has 18 heavy (non-hydrogen) atoms. The molecule has 1 atom stereocenters. The van der Waals surface area contributed by atoms with Crippen molar-refractivity contribution in [2.24, 2.45) is 0 Å². The van der Waals surface area contributed by atoms with Crippen LogP contribution in [-0.2, 0) is 9.59 Å². The lowest BCUT2D eigenvalue weighted by Crippen LogP contribution is -2.35. The Morgan fingerprint density at radius 3 is 3.00 bits per heavy atom. The van der Waals surface area contributed by atoms with Crippen LogP contribution < -0.4 is 5.32 Å². The lowest BCUT2D eigenvalue weighted by atomic mass is 10.2. The number of amides is 2. The van der Waals surface area contributed by atoms with Crippen molar-refractivity contribution in [1.82, 2.24) is 9.88 Å². The van der Waals surface area contributed by atoms with Gasteiger partial charge < -0.3 is 5.32 Å². The molecule has 1 aliphatic rings. The van der Waals surface area contributed by atoms with Gasteiger partial charge in [0, 0.05) is 18.9 Å². The van der Waals surface area contributed by atoms with Crippen molar-refractivity contribution in [2.45, 2.75) is 25.8 Å². The summed E-state index contributed by atoms with van der Waals surface area (Å²) in [6, 6.07) is 1.30. The highest BCUT2D eigenvalue weighted by atomic mass is 79.9. The van der Waals surface area contributed by atoms with Crippen molar-refractivity contribution in [3.63, 3.8) is 0 Å². The zero-order chi connectivity index (χ0) is 13.1. The Morgan fingerprint density at radius 1 is 1.56 bits per heavy atom. The molecule has 1 unspecified atom stereocenters. The molecule has 0 saturated carbocycles. The van der Waals surface area contributed by atoms with Gasteiger partial charge in [0.2, 0.25) is 5.91 Å². The lowest BCUT2D eigenvalue weighted by molar-refractivity contribution is -0.138. The van der Waals surface area contributed by atoms with E-state index in [1.54, 1.807) is 18.5 Å². The fourth-order valence-corrected chi connectivity index (χ4v) is 2.30. The third-order valence-electron chi connectivity index (χ3n) is 2.79. The first kappa shape index (κ1) is 13.0. The summed E-state index contributed by atoms with van der Waals surface area (Å²) in [6.07, 6.45) is 4.28. The van der Waals surface area contributed by atoms with Gasteiger partial charge in [0.15, 0.2) is 0 Å². The SMILES string of the molecule is CCCN1C(=O)CC(Nc2ccncc2Br)C1=O. The Morgan fingerprint density at radius 2 is 2.33 bits per heavy atom. The molecule has 2 amide bonds. The van der Waals surface area contributed by atoms with Gasteiger partial charge in [-0.2, -0.15) is 0 Å². The van der Waals surface area contributed by atoms with E-state index < -0.39 is 6.04 Å². The summed E-state index contributed by atoms with van der Waals surface area (Å²) in [5.41, 5.74) is 0.773. The number of anilines is 1. The van der Waals surface area contributed by atoms with E-state index in [4.69, 9.17) is 0 Å². The summed E-state index contributed by atoms with van der Waals surface area (Å²) in [6.45, 7) is 2.44. The van der Waals surface area contributed by atoms with Crippen LogP contribution in [0.2, 0.25) is 0 Å². The van der Waals surface area contributed by atoms with Gasteiger partial charge in [0.25, 0.3) is 5.91 Å². The van der Waals surface area contributed by atoms with E-state index in [2.05, 4.69) is 26.2 Å². The number of carbonyl (C=O) groups excluding carboxylic acids is 2. The molecule has 2 rings (SSSR count). The molecule has 0 radical (unpaired) electrons. The second-order valence-corrected chi connectivity index (χ2v) is 4.99. The van der Waals surface area contributed by atoms with Crippen LogP contribution in [-0.4, -0.2) is 34.3 Å². The molecule has 6 heteroatoms. The number of rotatable bonds is 4. The van der Waals surface area contributed by atoms with E-state index in [0.29, 0.717) is 6.54 Å². The minimum Gasteiger partial charge on any atom is -0.372 e. The largest absolute Gasteiger partial charge is 0.372 e. The molecule has 1 N–H and O–H groups in total. The maximum atomic E-state index is 12.0. The lowest BCUT2D eigenvalue weighted by Gasteiger charge is -2.15. The van der Waals surface area contributed by atoms with Crippen LogP contribution in [0.4, 0.5) is 5.69 Å². The number of pyridine rings is 1. The summed E-state index contributed by atoms with van der Waals surface area (Å²) >= 11 is 3.35. The third kappa shape index (κ3) is 2.53. The van der Waals surface area contributed by atoms with Gasteiger partial charge in [-0.05, 0) is 28.4 Å². The van der Waals surface area contributed by atoms with E-state index in [0.717, 1.165) is 16.6 Å². The number of hydrogen-bond donors (Lipinski definition) is 1. The van der Waals surface area contributed by atoms with Gasteiger partial charge in [0.1, 0.15) is 6.04 Å². The molecule has 0 aliphatic carbocycles. The molecule has 96 valence electrons. The normalized spacial score (nSPS) is 19.4. The second-order valence-electron chi connectivity index (χ2n) is 4.14. The van der Waals surface area contributed by atoms with Crippen molar-refractivity contribution in [3.8, 4) is 0 Å². The minimum atomic E-state index is -0.470. The summed E-state index contributed by atoms with van der Waals surface area (Å²) < 4.78 is 0.777. The quantitative estimate of drug-likeness (QED) is 0.861. The summed E-state index contributed by atoms with van der Waals surface area (Å²) in [4.78, 5) is 29.0. The molecule has 0 bridgehead atoms. The van der Waals surface area contributed by atoms with Gasteiger partial charge in [-0.3, -0.25) is 19.5 Å². The molecule has 0 spiro atoms. The van der Waals surface area contributed by atoms with Crippen LogP contribution >= 0.6 is 15.9 Å². The Balaban J connectivity index is 2.10. The van der Waals surface area contributed by atoms with E-state index in [1.165, 1.54) is 4.90 Å². The molecular formula is C12H14BrN3O2. The standard InChI is InChI=1S/C12H14BrN3O2/c1-2-5-16-11(17)6-10(12(16)18)15-9-3-4-14-7-8(9)13/h3-4,7,10H,2,5-6H2,1H3,(H,14,15). The van der Waals surface area contributed by atoms with Gasteiger partial charge >= 0.3 is 0 Å². The number of carbonyl (C=O) groups is 2. The number of imide groups is 1. The summed E-state index contributed by atoms with van der Waals surface area (Å²) in [5, 5.41) is 3.08. The fraction of sp³-hybridized carbons (Fsp3) is 0.417. The van der Waals surface area contributed by atoms with Crippen molar-refractivity contribution in [3.05, 3.63) is 22.9 Å². The number of nitrogens with one attached hydrogen (secondary N) is 1. The zero-order valence-electron chi connectivity index (χ0n) is 10.0. The minimum absolute atomic E-state index is 0.107. The summed E-state index contributed by atoms with van der Waals surface area (Å²) in [7, 11) is 0. The van der Waals surface area contributed by atoms with E-state index in [1.807, 2.05) is 6.92 Å². The fourth-order valence-electron chi connectivity index (χ4n) is 1.93. The average Bonchev–Trinajstić information content (AvgIpc) is 2.60. The first-order valence-electron chi connectivity index (χ1n) is 5.83. The third-order valence-corrected chi connectivity index (χ3v) is 3.43. The topological polar surface area (TPSA) is 62.3 Å². The van der Waals surface area contributed by atoms with Crippen LogP contribution in [0, 0.1) is 0 Å². The van der Waals surface area contributed by atoms with E-state index in [-0.39, 0.29) is 18.2 Å². The number of halogens is 1. The number of likely N-dealkylation sites (tertiary alicyclic amines) is 1. The average molecular weight is 312 g/mol. The van der Waals surface area contributed by atoms with Crippen LogP contribution in [0.3, 0.4) is 0 Å². The Labute approximate surface area is 114 Å². The van der Waals surface area contributed by atoms with E-state index >= 15 is 0 Å². The molecule has 1 aromatic rings. The molecule has 1 aliphatic heterocycles. The molecule has 5 nitrogen and oxygen atoms in total. The van der Waals surface area contributed by atoms with Gasteiger partial charge in [-0.15, -0.1) is 0 Å². The van der Waals surface area contributed by atoms with Crippen LogP contribution in [0.15, 0.2) is 22.9 Å². The van der Waals surface area contributed by atoms with Gasteiger partial charge in [-0.1, -0.05) is 6.92 Å². The smallest absolute Gasteiger partial charge is 0.252 e. The van der Waals surface area contributed by atoms with Crippen LogP contribution in [0.5, 0.6) is 0 Å². The maximum absolute atomic E-state index is 12.0. The second kappa shape index (κ2) is 5.48. The van der Waals surface area contributed by atoms with Crippen LogP contribution in [0.1, 0.15) is 19.8 Å². The Kier molecular flexibility index (Phi) is 3.96. The summed E-state index contributed by atoms with van der Waals surface area (Å²) in [5.74, 6) is -0.255. The zero-order valence-corrected chi connectivity index (χ0v) is 11.6. The van der Waals surface area contributed by atoms with E-state index in [9.17, 15) is 9.59 Å². The van der Waals surface area contributed by atoms with Crippen molar-refractivity contribution < 1.29 is 9.59 Å². The van der Waals surface area contributed by atoms with Gasteiger partial charge in [0.05, 0.1) is 16.6 Å². The maximum Gasteiger partial charge on any atom is 0.252 e. The first-order chi connectivity index (χ1) is 8.63. The number of hydrogen-bond acceptors (Lipinski definition) is 4. The van der Waals surface area contributed by atoms with Crippen molar-refractivity contribution >= 4 is 33.4 Å². The first-order valence-corrected chi connectivity index (χ1v) is 6.63. The molecule has 2 heterocycles. The Hall–Kier alpha value is -1.43. The van der Waals surface area contributed by atoms with Gasteiger partial charge in [-0.25, -0.2) is 0 Å². The van der Waals surface area contributed by atoms with Crippen LogP contribution in [0.25, 0.3) is 0 Å². The monoisotopic (exact) mass is 311 g/mol. The predicted molar refractivity (Wildman–Crippen MR) is 71.0 cm³/mol. The number of aromatic nitrogens is 1.